The summed E-state index contributed by atoms with van der Waals surface area (Å²) in [5.41, 5.74) is -0.965. The second kappa shape index (κ2) is 8.78. The minimum absolute atomic E-state index is 0.152. The SMILES string of the molecule is COc1ccc(F)c(CN2CCC[C@@](O)(CN3CCC(C(C)C)CC3)C2=O)c1. The van der Waals surface area contributed by atoms with Gasteiger partial charge in [0, 0.05) is 25.2 Å². The van der Waals surface area contributed by atoms with Crippen LogP contribution < -0.4 is 4.74 Å². The van der Waals surface area contributed by atoms with E-state index in [2.05, 4.69) is 18.7 Å². The Morgan fingerprint density at radius 2 is 2.00 bits per heavy atom. The molecule has 2 heterocycles. The lowest BCUT2D eigenvalue weighted by Crippen LogP contribution is -2.59. The number of rotatable bonds is 6. The van der Waals surface area contributed by atoms with Crippen LogP contribution in [0.1, 0.15) is 45.1 Å². The van der Waals surface area contributed by atoms with E-state index in [0.717, 1.165) is 38.3 Å². The molecule has 0 saturated carbocycles. The van der Waals surface area contributed by atoms with Crippen LogP contribution in [0.25, 0.3) is 0 Å². The van der Waals surface area contributed by atoms with E-state index in [1.54, 1.807) is 17.0 Å². The number of halogens is 1. The smallest absolute Gasteiger partial charge is 0.256 e. The number of methoxy groups -OCH3 is 1. The van der Waals surface area contributed by atoms with Crippen molar-refractivity contribution in [1.82, 2.24) is 9.80 Å². The molecule has 5 nitrogen and oxygen atoms in total. The average molecular weight is 393 g/mol. The Kier molecular flexibility index (Phi) is 6.61. The molecular weight excluding hydrogens is 359 g/mol. The van der Waals surface area contributed by atoms with Crippen molar-refractivity contribution in [2.24, 2.45) is 11.8 Å². The predicted octanol–water partition coefficient (Wildman–Crippen LogP) is 3.06. The molecule has 6 heteroatoms. The van der Waals surface area contributed by atoms with Gasteiger partial charge in [-0.15, -0.1) is 0 Å². The van der Waals surface area contributed by atoms with Crippen LogP contribution in [0.15, 0.2) is 18.2 Å². The van der Waals surface area contributed by atoms with Crippen LogP contribution >= 0.6 is 0 Å². The van der Waals surface area contributed by atoms with Gasteiger partial charge < -0.3 is 14.7 Å². The monoisotopic (exact) mass is 392 g/mol. The molecule has 0 aliphatic carbocycles. The zero-order valence-corrected chi connectivity index (χ0v) is 17.3. The molecule has 1 aromatic rings. The summed E-state index contributed by atoms with van der Waals surface area (Å²) in [5.74, 6) is 1.31. The van der Waals surface area contributed by atoms with Crippen LogP contribution in [0.3, 0.4) is 0 Å². The molecule has 1 aromatic carbocycles. The van der Waals surface area contributed by atoms with Crippen LogP contribution in [-0.2, 0) is 11.3 Å². The molecule has 0 radical (unpaired) electrons. The van der Waals surface area contributed by atoms with Crippen molar-refractivity contribution in [2.75, 3.05) is 33.3 Å². The van der Waals surface area contributed by atoms with Gasteiger partial charge in [0.05, 0.1) is 7.11 Å². The summed E-state index contributed by atoms with van der Waals surface area (Å²) in [7, 11) is 1.53. The van der Waals surface area contributed by atoms with Gasteiger partial charge in [-0.1, -0.05) is 13.8 Å². The van der Waals surface area contributed by atoms with E-state index in [4.69, 9.17) is 4.74 Å². The Labute approximate surface area is 167 Å². The highest BCUT2D eigenvalue weighted by atomic mass is 19.1. The number of β-amino-alcohol motifs (C(OH)–C–C–N with tert-alkyl or cyclic N) is 1. The van der Waals surface area contributed by atoms with Gasteiger partial charge in [-0.3, -0.25) is 9.69 Å². The second-order valence-electron chi connectivity index (χ2n) is 8.68. The van der Waals surface area contributed by atoms with Crippen LogP contribution in [-0.4, -0.2) is 59.7 Å². The lowest BCUT2D eigenvalue weighted by molar-refractivity contribution is -0.160. The molecular formula is C22H33FN2O3. The number of amides is 1. The van der Waals surface area contributed by atoms with Crippen LogP contribution in [0.4, 0.5) is 4.39 Å². The molecule has 2 fully saturated rings. The minimum atomic E-state index is -1.38. The van der Waals surface area contributed by atoms with Gasteiger partial charge in [-0.2, -0.15) is 0 Å². The molecule has 0 unspecified atom stereocenters. The summed E-state index contributed by atoms with van der Waals surface area (Å²) in [4.78, 5) is 16.9. The fourth-order valence-electron chi connectivity index (χ4n) is 4.52. The van der Waals surface area contributed by atoms with Crippen LogP contribution in [0, 0.1) is 17.7 Å². The Hall–Kier alpha value is -1.66. The van der Waals surface area contributed by atoms with Crippen molar-refractivity contribution in [2.45, 2.75) is 51.7 Å². The molecule has 0 aromatic heterocycles. The Balaban J connectivity index is 1.65. The zero-order valence-electron chi connectivity index (χ0n) is 17.3. The van der Waals surface area contributed by atoms with Gasteiger partial charge in [-0.25, -0.2) is 4.39 Å². The number of ether oxygens (including phenoxy) is 1. The van der Waals surface area contributed by atoms with Gasteiger partial charge in [0.2, 0.25) is 0 Å². The summed E-state index contributed by atoms with van der Waals surface area (Å²) in [5, 5.41) is 11.1. The summed E-state index contributed by atoms with van der Waals surface area (Å²) < 4.78 is 19.4. The lowest BCUT2D eigenvalue weighted by atomic mass is 9.85. The molecule has 2 saturated heterocycles. The van der Waals surface area contributed by atoms with Gasteiger partial charge >= 0.3 is 0 Å². The third kappa shape index (κ3) is 4.66. The van der Waals surface area contributed by atoms with Gasteiger partial charge in [0.1, 0.15) is 11.6 Å². The second-order valence-corrected chi connectivity index (χ2v) is 8.68. The first kappa shape index (κ1) is 21.1. The third-order valence-electron chi connectivity index (χ3n) is 6.38. The molecule has 1 atom stereocenters. The number of benzene rings is 1. The molecule has 156 valence electrons. The Bertz CT molecular complexity index is 688. The lowest BCUT2D eigenvalue weighted by Gasteiger charge is -2.43. The number of likely N-dealkylation sites (tertiary alicyclic amines) is 2. The van der Waals surface area contributed by atoms with Crippen molar-refractivity contribution in [3.63, 3.8) is 0 Å². The predicted molar refractivity (Wildman–Crippen MR) is 107 cm³/mol. The average Bonchev–Trinajstić information content (AvgIpc) is 2.67. The number of nitrogens with zero attached hydrogens (tertiary/aromatic N) is 2. The molecule has 0 bridgehead atoms. The summed E-state index contributed by atoms with van der Waals surface area (Å²) >= 11 is 0. The van der Waals surface area contributed by atoms with E-state index in [-0.39, 0.29) is 18.3 Å². The highest BCUT2D eigenvalue weighted by Gasteiger charge is 2.43. The van der Waals surface area contributed by atoms with Gasteiger partial charge in [-0.05, 0) is 68.8 Å². The molecule has 2 aliphatic heterocycles. The van der Waals surface area contributed by atoms with E-state index < -0.39 is 5.60 Å². The fraction of sp³-hybridized carbons (Fsp3) is 0.682. The number of hydrogen-bond acceptors (Lipinski definition) is 4. The van der Waals surface area contributed by atoms with Crippen molar-refractivity contribution in [3.05, 3.63) is 29.6 Å². The van der Waals surface area contributed by atoms with Crippen molar-refractivity contribution >= 4 is 5.91 Å². The third-order valence-corrected chi connectivity index (χ3v) is 6.38. The van der Waals surface area contributed by atoms with Crippen molar-refractivity contribution in [3.8, 4) is 5.75 Å². The topological polar surface area (TPSA) is 53.0 Å². The molecule has 1 amide bonds. The minimum Gasteiger partial charge on any atom is -0.497 e. The fourth-order valence-corrected chi connectivity index (χ4v) is 4.52. The number of carbonyl (C=O) groups is 1. The number of hydrogen-bond donors (Lipinski definition) is 1. The maximum Gasteiger partial charge on any atom is 0.256 e. The Morgan fingerprint density at radius 1 is 1.29 bits per heavy atom. The number of carbonyl (C=O) groups excluding carboxylic acids is 1. The highest BCUT2D eigenvalue weighted by Crippen LogP contribution is 2.30. The maximum absolute atomic E-state index is 14.2. The first-order chi connectivity index (χ1) is 13.3. The number of aliphatic hydroxyl groups is 1. The quantitative estimate of drug-likeness (QED) is 0.809. The Morgan fingerprint density at radius 3 is 2.64 bits per heavy atom. The normalized spacial score (nSPS) is 24.8. The summed E-state index contributed by atoms with van der Waals surface area (Å²) in [6.07, 6.45) is 3.41. The van der Waals surface area contributed by atoms with E-state index in [1.807, 2.05) is 0 Å². The summed E-state index contributed by atoms with van der Waals surface area (Å²) in [6.45, 7) is 7.41. The van der Waals surface area contributed by atoms with E-state index in [9.17, 15) is 14.3 Å². The molecule has 28 heavy (non-hydrogen) atoms. The molecule has 3 rings (SSSR count). The van der Waals surface area contributed by atoms with E-state index in [0.29, 0.717) is 36.7 Å². The largest absolute Gasteiger partial charge is 0.497 e. The van der Waals surface area contributed by atoms with E-state index >= 15 is 0 Å². The van der Waals surface area contributed by atoms with E-state index in [1.165, 1.54) is 13.2 Å². The number of piperidine rings is 2. The molecule has 0 spiro atoms. The first-order valence-electron chi connectivity index (χ1n) is 10.4. The first-order valence-corrected chi connectivity index (χ1v) is 10.4. The highest BCUT2D eigenvalue weighted by molar-refractivity contribution is 5.86. The molecule has 1 N–H and O–H groups in total. The van der Waals surface area contributed by atoms with Crippen LogP contribution in [0.5, 0.6) is 5.75 Å². The van der Waals surface area contributed by atoms with Crippen molar-refractivity contribution < 1.29 is 19.0 Å². The maximum atomic E-state index is 14.2. The molecule has 2 aliphatic rings. The standard InChI is InChI=1S/C22H33FN2O3/c1-16(2)17-7-11-24(12-8-17)15-22(27)9-4-10-25(21(22)26)14-18-13-19(28-3)5-6-20(18)23/h5-6,13,16-17,27H,4,7-12,14-15H2,1-3H3/t22-/m1/s1. The van der Waals surface area contributed by atoms with Gasteiger partial charge in [0.15, 0.2) is 5.60 Å². The van der Waals surface area contributed by atoms with Gasteiger partial charge in [0.25, 0.3) is 5.91 Å². The zero-order chi connectivity index (χ0) is 20.3. The van der Waals surface area contributed by atoms with Crippen molar-refractivity contribution in [1.29, 1.82) is 0 Å². The summed E-state index contributed by atoms with van der Waals surface area (Å²) in [6, 6.07) is 4.54. The van der Waals surface area contributed by atoms with Crippen LogP contribution in [0.2, 0.25) is 0 Å².